The molecule has 13 heavy (non-hydrogen) atoms. The van der Waals surface area contributed by atoms with Crippen molar-refractivity contribution < 1.29 is 14.3 Å². The van der Waals surface area contributed by atoms with Crippen molar-refractivity contribution in [3.8, 4) is 11.8 Å². The summed E-state index contributed by atoms with van der Waals surface area (Å²) in [5, 5.41) is 17.4. The molecule has 0 radical (unpaired) electrons. The van der Waals surface area contributed by atoms with Gasteiger partial charge >= 0.3 is 0 Å². The molecule has 1 N–H and O–H groups in total. The van der Waals surface area contributed by atoms with Crippen molar-refractivity contribution in [2.75, 3.05) is 0 Å². The lowest BCUT2D eigenvalue weighted by atomic mass is 10.1. The molecule has 0 aliphatic heterocycles. The van der Waals surface area contributed by atoms with E-state index in [9.17, 15) is 9.18 Å². The van der Waals surface area contributed by atoms with Crippen LogP contribution in [0.5, 0.6) is 5.75 Å². The highest BCUT2D eigenvalue weighted by molar-refractivity contribution is 5.94. The van der Waals surface area contributed by atoms with Gasteiger partial charge in [0.1, 0.15) is 6.07 Å². The molecule has 0 aliphatic carbocycles. The van der Waals surface area contributed by atoms with Crippen molar-refractivity contribution in [1.29, 1.82) is 5.26 Å². The first kappa shape index (κ1) is 9.20. The van der Waals surface area contributed by atoms with Crippen LogP contribution >= 0.6 is 0 Å². The molecule has 0 fully saturated rings. The number of phenolic OH excluding ortho intramolecular Hbond substituents is 1. The molecule has 1 aromatic rings. The van der Waals surface area contributed by atoms with Crippen molar-refractivity contribution in [2.45, 2.75) is 6.92 Å². The third-order valence-electron chi connectivity index (χ3n) is 1.58. The van der Waals surface area contributed by atoms with Gasteiger partial charge in [-0.1, -0.05) is 0 Å². The molecule has 0 unspecified atom stereocenters. The van der Waals surface area contributed by atoms with Gasteiger partial charge in [-0.2, -0.15) is 5.26 Å². The number of nitrogens with zero attached hydrogens (tertiary/aromatic N) is 1. The summed E-state index contributed by atoms with van der Waals surface area (Å²) in [5.74, 6) is -2.00. The molecule has 0 aromatic heterocycles. The Morgan fingerprint density at radius 2 is 2.23 bits per heavy atom. The summed E-state index contributed by atoms with van der Waals surface area (Å²) in [4.78, 5) is 10.8. The molecule has 66 valence electrons. The van der Waals surface area contributed by atoms with Gasteiger partial charge in [0.15, 0.2) is 17.3 Å². The molecular formula is C9H6FNO2. The predicted molar refractivity (Wildman–Crippen MR) is 42.8 cm³/mol. The fourth-order valence-corrected chi connectivity index (χ4v) is 0.894. The fraction of sp³-hybridized carbons (Fsp3) is 0.111. The number of hydrogen-bond acceptors (Lipinski definition) is 3. The SMILES string of the molecule is CC(=O)c1cc(O)c(F)c(C#N)c1. The monoisotopic (exact) mass is 179 g/mol. The van der Waals surface area contributed by atoms with Crippen molar-refractivity contribution in [3.05, 3.63) is 29.1 Å². The summed E-state index contributed by atoms with van der Waals surface area (Å²) in [6.45, 7) is 1.27. The highest BCUT2D eigenvalue weighted by Gasteiger charge is 2.11. The molecule has 1 aromatic carbocycles. The molecule has 0 atom stereocenters. The van der Waals surface area contributed by atoms with E-state index < -0.39 is 11.6 Å². The normalized spacial score (nSPS) is 9.31. The summed E-state index contributed by atoms with van der Waals surface area (Å²) in [5.41, 5.74) is -0.208. The number of phenols is 1. The van der Waals surface area contributed by atoms with E-state index in [1.807, 2.05) is 0 Å². The van der Waals surface area contributed by atoms with Gasteiger partial charge in [0.25, 0.3) is 0 Å². The number of benzene rings is 1. The Kier molecular flexibility index (Phi) is 2.29. The van der Waals surface area contributed by atoms with E-state index in [1.54, 1.807) is 6.07 Å². The van der Waals surface area contributed by atoms with Gasteiger partial charge in [-0.15, -0.1) is 0 Å². The summed E-state index contributed by atoms with van der Waals surface area (Å²) in [6.07, 6.45) is 0. The maximum Gasteiger partial charge on any atom is 0.182 e. The van der Waals surface area contributed by atoms with Crippen molar-refractivity contribution in [2.24, 2.45) is 0 Å². The molecule has 0 amide bonds. The third kappa shape index (κ3) is 1.64. The third-order valence-corrected chi connectivity index (χ3v) is 1.58. The number of ketones is 1. The molecule has 0 heterocycles. The minimum absolute atomic E-state index is 0.121. The smallest absolute Gasteiger partial charge is 0.182 e. The Labute approximate surface area is 74.0 Å². The highest BCUT2D eigenvalue weighted by atomic mass is 19.1. The number of carbonyl (C=O) groups excluding carboxylic acids is 1. The van der Waals surface area contributed by atoms with Gasteiger partial charge in [0, 0.05) is 5.56 Å². The van der Waals surface area contributed by atoms with Crippen LogP contribution in [0.15, 0.2) is 12.1 Å². The largest absolute Gasteiger partial charge is 0.505 e. The zero-order valence-electron chi connectivity index (χ0n) is 6.84. The van der Waals surface area contributed by atoms with Crippen LogP contribution in [-0.4, -0.2) is 10.9 Å². The van der Waals surface area contributed by atoms with Crippen LogP contribution in [0, 0.1) is 17.1 Å². The van der Waals surface area contributed by atoms with Gasteiger partial charge in [0.05, 0.1) is 5.56 Å². The highest BCUT2D eigenvalue weighted by Crippen LogP contribution is 2.21. The zero-order chi connectivity index (χ0) is 10.0. The molecule has 0 aliphatic rings. The molecule has 4 heteroatoms. The second kappa shape index (κ2) is 3.23. The lowest BCUT2D eigenvalue weighted by Crippen LogP contribution is -1.95. The first-order valence-corrected chi connectivity index (χ1v) is 3.50. The fourth-order valence-electron chi connectivity index (χ4n) is 0.894. The van der Waals surface area contributed by atoms with E-state index in [-0.39, 0.29) is 16.9 Å². The first-order chi connectivity index (χ1) is 6.06. The Balaban J connectivity index is 3.41. The predicted octanol–water partition coefficient (Wildman–Crippen LogP) is 1.61. The second-order valence-electron chi connectivity index (χ2n) is 2.52. The number of halogens is 1. The molecule has 1 rings (SSSR count). The van der Waals surface area contributed by atoms with Crippen LogP contribution in [0.25, 0.3) is 0 Å². The van der Waals surface area contributed by atoms with Gasteiger partial charge in [0.2, 0.25) is 0 Å². The van der Waals surface area contributed by atoms with Crippen molar-refractivity contribution in [1.82, 2.24) is 0 Å². The minimum Gasteiger partial charge on any atom is -0.505 e. The van der Waals surface area contributed by atoms with Gasteiger partial charge in [-0.05, 0) is 19.1 Å². The lowest BCUT2D eigenvalue weighted by molar-refractivity contribution is 0.101. The molecule has 0 spiro atoms. The molecule has 0 saturated heterocycles. The average molecular weight is 179 g/mol. The quantitative estimate of drug-likeness (QED) is 0.666. The Bertz CT molecular complexity index is 407. The number of carbonyl (C=O) groups is 1. The van der Waals surface area contributed by atoms with Crippen LogP contribution in [0.3, 0.4) is 0 Å². The Morgan fingerprint density at radius 3 is 2.69 bits per heavy atom. The minimum atomic E-state index is -0.993. The van der Waals surface area contributed by atoms with Crippen molar-refractivity contribution >= 4 is 5.78 Å². The average Bonchev–Trinajstić information content (AvgIpc) is 2.09. The summed E-state index contributed by atoms with van der Waals surface area (Å²) in [7, 11) is 0. The van der Waals surface area contributed by atoms with E-state index in [4.69, 9.17) is 10.4 Å². The first-order valence-electron chi connectivity index (χ1n) is 3.50. The van der Waals surface area contributed by atoms with Crippen LogP contribution < -0.4 is 0 Å². The Hall–Kier alpha value is -1.89. The number of rotatable bonds is 1. The van der Waals surface area contributed by atoms with Crippen LogP contribution in [0.4, 0.5) is 4.39 Å². The van der Waals surface area contributed by atoms with Crippen LogP contribution in [0.1, 0.15) is 22.8 Å². The zero-order valence-corrected chi connectivity index (χ0v) is 6.84. The molecule has 0 bridgehead atoms. The van der Waals surface area contributed by atoms with Crippen LogP contribution in [0.2, 0.25) is 0 Å². The van der Waals surface area contributed by atoms with E-state index in [1.165, 1.54) is 6.92 Å². The van der Waals surface area contributed by atoms with E-state index in [0.717, 1.165) is 12.1 Å². The van der Waals surface area contributed by atoms with Crippen molar-refractivity contribution in [3.63, 3.8) is 0 Å². The van der Waals surface area contributed by atoms with E-state index >= 15 is 0 Å². The Morgan fingerprint density at radius 1 is 1.62 bits per heavy atom. The van der Waals surface area contributed by atoms with Gasteiger partial charge < -0.3 is 5.11 Å². The number of Topliss-reactive ketones (excluding diaryl/α,β-unsaturated/α-hetero) is 1. The van der Waals surface area contributed by atoms with Gasteiger partial charge in [-0.3, -0.25) is 4.79 Å². The maximum atomic E-state index is 12.9. The van der Waals surface area contributed by atoms with Crippen LogP contribution in [-0.2, 0) is 0 Å². The number of hydrogen-bond donors (Lipinski definition) is 1. The molecular weight excluding hydrogens is 173 g/mol. The van der Waals surface area contributed by atoms with E-state index in [2.05, 4.69) is 0 Å². The summed E-state index contributed by atoms with van der Waals surface area (Å²) < 4.78 is 12.9. The number of nitriles is 1. The standard InChI is InChI=1S/C9H6FNO2/c1-5(12)6-2-7(4-11)9(10)8(13)3-6/h2-3,13H,1H3. The van der Waals surface area contributed by atoms with E-state index in [0.29, 0.717) is 0 Å². The second-order valence-corrected chi connectivity index (χ2v) is 2.52. The summed E-state index contributed by atoms with van der Waals surface area (Å²) >= 11 is 0. The summed E-state index contributed by atoms with van der Waals surface area (Å²) in [6, 6.07) is 3.65. The number of aromatic hydroxyl groups is 1. The topological polar surface area (TPSA) is 61.1 Å². The molecule has 0 saturated carbocycles. The van der Waals surface area contributed by atoms with Gasteiger partial charge in [-0.25, -0.2) is 4.39 Å². The maximum absolute atomic E-state index is 12.9. The molecule has 3 nitrogen and oxygen atoms in total. The lowest BCUT2D eigenvalue weighted by Gasteiger charge is -2.00.